The number of amides is 3. The molecule has 0 aliphatic carbocycles. The zero-order chi connectivity index (χ0) is 26.7. The summed E-state index contributed by atoms with van der Waals surface area (Å²) >= 11 is 0. The molecule has 1 aromatic carbocycles. The number of imidazole rings is 1. The lowest BCUT2D eigenvalue weighted by Crippen LogP contribution is -2.44. The van der Waals surface area contributed by atoms with E-state index in [9.17, 15) is 24.0 Å². The maximum atomic E-state index is 13.4. The normalized spacial score (nSPS) is 14.6. The van der Waals surface area contributed by atoms with E-state index in [1.54, 1.807) is 24.3 Å². The van der Waals surface area contributed by atoms with E-state index in [2.05, 4.69) is 15.3 Å². The van der Waals surface area contributed by atoms with Crippen molar-refractivity contribution in [2.75, 3.05) is 36.2 Å². The van der Waals surface area contributed by atoms with E-state index in [4.69, 9.17) is 16.2 Å². The van der Waals surface area contributed by atoms with Crippen LogP contribution in [0.1, 0.15) is 22.5 Å². The number of rotatable bonds is 9. The highest BCUT2D eigenvalue weighted by molar-refractivity contribution is 6.04. The molecular weight excluding hydrogens is 484 g/mol. The first-order chi connectivity index (χ1) is 17.7. The van der Waals surface area contributed by atoms with Crippen LogP contribution in [0.4, 0.5) is 17.3 Å². The molecule has 2 aromatic heterocycles. The molecule has 37 heavy (non-hydrogen) atoms. The molecule has 3 aromatic rings. The molecule has 4 rings (SSSR count). The Morgan fingerprint density at radius 1 is 1.22 bits per heavy atom. The number of aromatic nitrogens is 4. The van der Waals surface area contributed by atoms with Crippen molar-refractivity contribution in [1.29, 1.82) is 0 Å². The number of carbonyl (C=O) groups excluding carboxylic acids is 3. The SMILES string of the molecule is COCCN(C(=O)CC1Cn2cnc(C(N)=O)c2NC1=O)c1c(N)n(Cc2ccccc2)c(=O)[nH]c1=O. The Bertz CT molecular complexity index is 1460. The minimum Gasteiger partial charge on any atom is -0.383 e. The minimum atomic E-state index is -0.840. The van der Waals surface area contributed by atoms with Crippen LogP contribution in [0.25, 0.3) is 0 Å². The number of primary amides is 1. The number of nitrogen functional groups attached to an aromatic ring is 1. The second-order valence-electron chi connectivity index (χ2n) is 8.45. The number of fused-ring (bicyclic) bond motifs is 1. The van der Waals surface area contributed by atoms with Gasteiger partial charge in [-0.15, -0.1) is 0 Å². The van der Waals surface area contributed by atoms with Gasteiger partial charge in [0, 0.05) is 26.6 Å². The summed E-state index contributed by atoms with van der Waals surface area (Å²) in [5.74, 6) is -2.76. The van der Waals surface area contributed by atoms with E-state index in [0.717, 1.165) is 15.0 Å². The number of aromatic amines is 1. The topological polar surface area (TPSA) is 200 Å². The van der Waals surface area contributed by atoms with Gasteiger partial charge in [0.2, 0.25) is 11.8 Å². The smallest absolute Gasteiger partial charge is 0.330 e. The molecule has 0 bridgehead atoms. The van der Waals surface area contributed by atoms with Crippen molar-refractivity contribution >= 4 is 35.0 Å². The highest BCUT2D eigenvalue weighted by atomic mass is 16.5. The summed E-state index contributed by atoms with van der Waals surface area (Å²) in [6, 6.07) is 9.00. The summed E-state index contributed by atoms with van der Waals surface area (Å²) in [5, 5.41) is 2.56. The van der Waals surface area contributed by atoms with Crippen LogP contribution >= 0.6 is 0 Å². The highest BCUT2D eigenvalue weighted by Crippen LogP contribution is 2.26. The van der Waals surface area contributed by atoms with Crippen molar-refractivity contribution < 1.29 is 19.1 Å². The number of benzene rings is 1. The van der Waals surface area contributed by atoms with Crippen LogP contribution in [-0.4, -0.2) is 57.1 Å². The van der Waals surface area contributed by atoms with Gasteiger partial charge in [-0.2, -0.15) is 0 Å². The van der Waals surface area contributed by atoms with E-state index in [1.165, 1.54) is 18.0 Å². The van der Waals surface area contributed by atoms with Crippen LogP contribution in [-0.2, 0) is 27.4 Å². The first-order valence-electron chi connectivity index (χ1n) is 11.3. The number of nitrogens with zero attached hydrogens (tertiary/aromatic N) is 4. The third kappa shape index (κ3) is 5.13. The van der Waals surface area contributed by atoms with Crippen molar-refractivity contribution in [3.63, 3.8) is 0 Å². The standard InChI is InChI=1S/C23H26N8O6/c1-37-8-7-30(15(32)9-14-11-29-12-26-16(19(25)33)20(29)27-21(14)34)17-18(24)31(23(36)28-22(17)35)10-13-5-3-2-4-6-13/h2-6,12,14H,7-11,24H2,1H3,(H2,25,33)(H,27,34)(H,28,35,36). The molecule has 14 heteroatoms. The molecule has 6 N–H and O–H groups in total. The molecule has 1 atom stereocenters. The van der Waals surface area contributed by atoms with Gasteiger partial charge < -0.3 is 31.0 Å². The highest BCUT2D eigenvalue weighted by Gasteiger charge is 2.34. The number of hydrogen-bond donors (Lipinski definition) is 4. The Morgan fingerprint density at radius 2 is 1.95 bits per heavy atom. The number of methoxy groups -OCH3 is 1. The zero-order valence-corrected chi connectivity index (χ0v) is 20.0. The first-order valence-corrected chi connectivity index (χ1v) is 11.3. The molecule has 194 valence electrons. The molecule has 0 saturated carbocycles. The third-order valence-electron chi connectivity index (χ3n) is 6.01. The first kappa shape index (κ1) is 25.4. The molecular formula is C23H26N8O6. The predicted molar refractivity (Wildman–Crippen MR) is 133 cm³/mol. The molecule has 3 amide bonds. The number of ether oxygens (including phenoxy) is 1. The van der Waals surface area contributed by atoms with E-state index < -0.39 is 34.9 Å². The zero-order valence-electron chi connectivity index (χ0n) is 20.0. The summed E-state index contributed by atoms with van der Waals surface area (Å²) in [6.45, 7) is 0.137. The lowest BCUT2D eigenvalue weighted by Gasteiger charge is -2.28. The van der Waals surface area contributed by atoms with Crippen LogP contribution in [0, 0.1) is 5.92 Å². The maximum Gasteiger partial charge on any atom is 0.330 e. The monoisotopic (exact) mass is 510 g/mol. The Morgan fingerprint density at radius 3 is 2.62 bits per heavy atom. The summed E-state index contributed by atoms with van der Waals surface area (Å²) in [5.41, 5.74) is 10.5. The largest absolute Gasteiger partial charge is 0.383 e. The van der Waals surface area contributed by atoms with Gasteiger partial charge in [-0.05, 0) is 5.56 Å². The number of nitrogens with two attached hydrogens (primary N) is 2. The predicted octanol–water partition coefficient (Wildman–Crippen LogP) is -0.899. The summed E-state index contributed by atoms with van der Waals surface area (Å²) < 4.78 is 7.78. The van der Waals surface area contributed by atoms with Crippen molar-refractivity contribution in [3.05, 3.63) is 68.8 Å². The van der Waals surface area contributed by atoms with Crippen LogP contribution in [0.3, 0.4) is 0 Å². The van der Waals surface area contributed by atoms with Gasteiger partial charge in [-0.3, -0.25) is 28.7 Å². The summed E-state index contributed by atoms with van der Waals surface area (Å²) in [7, 11) is 1.43. The third-order valence-corrected chi connectivity index (χ3v) is 6.01. The van der Waals surface area contributed by atoms with Gasteiger partial charge in [0.25, 0.3) is 11.5 Å². The lowest BCUT2D eigenvalue weighted by molar-refractivity contribution is -0.127. The maximum absolute atomic E-state index is 13.4. The molecule has 3 heterocycles. The van der Waals surface area contributed by atoms with Crippen LogP contribution in [0.5, 0.6) is 0 Å². The van der Waals surface area contributed by atoms with Gasteiger partial charge in [0.15, 0.2) is 11.4 Å². The Labute approximate surface area is 209 Å². The quantitative estimate of drug-likeness (QED) is 0.284. The molecule has 0 fully saturated rings. The van der Waals surface area contributed by atoms with Gasteiger partial charge in [0.05, 0.1) is 25.4 Å². The molecule has 0 radical (unpaired) electrons. The number of carbonyl (C=O) groups is 3. The molecule has 1 aliphatic rings. The average Bonchev–Trinajstić information content (AvgIpc) is 3.27. The van der Waals surface area contributed by atoms with E-state index in [0.29, 0.717) is 0 Å². The van der Waals surface area contributed by atoms with Crippen molar-refractivity contribution in [2.45, 2.75) is 19.5 Å². The number of anilines is 3. The second kappa shape index (κ2) is 10.5. The van der Waals surface area contributed by atoms with Gasteiger partial charge in [-0.25, -0.2) is 9.78 Å². The molecule has 0 spiro atoms. The van der Waals surface area contributed by atoms with Crippen LogP contribution in [0.2, 0.25) is 0 Å². The molecule has 0 saturated heterocycles. The number of hydrogen-bond acceptors (Lipinski definition) is 8. The summed E-state index contributed by atoms with van der Waals surface area (Å²) in [6.07, 6.45) is 1.05. The number of nitrogens with one attached hydrogen (secondary N) is 2. The fourth-order valence-corrected chi connectivity index (χ4v) is 4.15. The van der Waals surface area contributed by atoms with Crippen molar-refractivity contribution in [1.82, 2.24) is 19.1 Å². The van der Waals surface area contributed by atoms with Gasteiger partial charge >= 0.3 is 5.69 Å². The second-order valence-corrected chi connectivity index (χ2v) is 8.45. The molecule has 1 aliphatic heterocycles. The van der Waals surface area contributed by atoms with Crippen LogP contribution in [0.15, 0.2) is 46.2 Å². The van der Waals surface area contributed by atoms with Crippen molar-refractivity contribution in [3.8, 4) is 0 Å². The van der Waals surface area contributed by atoms with E-state index >= 15 is 0 Å². The Hall–Kier alpha value is -4.72. The molecule has 1 unspecified atom stereocenters. The minimum absolute atomic E-state index is 0.0529. The van der Waals surface area contributed by atoms with E-state index in [-0.39, 0.29) is 55.7 Å². The molecule has 14 nitrogen and oxygen atoms in total. The fraction of sp³-hybridized carbons (Fsp3) is 0.304. The van der Waals surface area contributed by atoms with E-state index in [1.807, 2.05) is 6.07 Å². The van der Waals surface area contributed by atoms with Gasteiger partial charge in [0.1, 0.15) is 11.6 Å². The Balaban J connectivity index is 1.64. The number of H-pyrrole nitrogens is 1. The Kier molecular flexibility index (Phi) is 7.20. The average molecular weight is 511 g/mol. The van der Waals surface area contributed by atoms with Gasteiger partial charge in [-0.1, -0.05) is 30.3 Å². The fourth-order valence-electron chi connectivity index (χ4n) is 4.15. The lowest BCUT2D eigenvalue weighted by atomic mass is 10.0. The van der Waals surface area contributed by atoms with Crippen molar-refractivity contribution in [2.24, 2.45) is 11.7 Å². The van der Waals surface area contributed by atoms with Crippen LogP contribution < -0.4 is 32.9 Å². The summed E-state index contributed by atoms with van der Waals surface area (Å²) in [4.78, 5) is 70.4.